The van der Waals surface area contributed by atoms with Crippen LogP contribution in [0.25, 0.3) is 22.1 Å². The molecule has 58 heavy (non-hydrogen) atoms. The molecule has 4 aromatic carbocycles. The van der Waals surface area contributed by atoms with Crippen LogP contribution in [-0.4, -0.2) is 89.7 Å². The summed E-state index contributed by atoms with van der Waals surface area (Å²) in [5, 5.41) is 0.105. The molecule has 2 amide bonds. The van der Waals surface area contributed by atoms with Crippen molar-refractivity contribution in [2.45, 2.75) is 51.1 Å². The SMILES string of the molecule is C.O=C(Cl)N1CCCCC1.O=C1c2ccccc2C(=O)c2c1ccc1[nH]c(=S)[nH]c21.O=C1c2ccccc2C(=O)c2c1ccc1[nH]c(SC(=O)N3CCCCC3)nc21. The van der Waals surface area contributed by atoms with E-state index in [1.54, 1.807) is 77.7 Å². The Morgan fingerprint density at radius 2 is 1.07 bits per heavy atom. The molecule has 296 valence electrons. The lowest BCUT2D eigenvalue weighted by Crippen LogP contribution is -2.32. The van der Waals surface area contributed by atoms with Crippen LogP contribution in [0.5, 0.6) is 0 Å². The van der Waals surface area contributed by atoms with Crippen molar-refractivity contribution in [2.24, 2.45) is 0 Å². The molecule has 0 spiro atoms. The number of thioether (sulfide) groups is 1. The lowest BCUT2D eigenvalue weighted by molar-refractivity contribution is 0.0980. The Morgan fingerprint density at radius 3 is 1.60 bits per heavy atom. The molecule has 4 aliphatic rings. The van der Waals surface area contributed by atoms with Crippen LogP contribution in [0.1, 0.15) is 110 Å². The summed E-state index contributed by atoms with van der Waals surface area (Å²) >= 11 is 11.3. The Morgan fingerprint density at radius 1 is 0.586 bits per heavy atom. The molecule has 12 nitrogen and oxygen atoms in total. The van der Waals surface area contributed by atoms with Gasteiger partial charge in [-0.05, 0) is 86.6 Å². The van der Waals surface area contributed by atoms with Gasteiger partial charge in [-0.25, -0.2) is 4.98 Å². The maximum absolute atomic E-state index is 13.1. The summed E-state index contributed by atoms with van der Waals surface area (Å²) < 4.78 is 0.438. The monoisotopic (exact) mass is 834 g/mol. The first kappa shape index (κ1) is 40.5. The van der Waals surface area contributed by atoms with Gasteiger partial charge in [-0.2, -0.15) is 0 Å². The number of hydrogen-bond acceptors (Lipinski definition) is 9. The van der Waals surface area contributed by atoms with E-state index in [0.717, 1.165) is 75.6 Å². The first-order valence-corrected chi connectivity index (χ1v) is 20.3. The number of hydrogen-bond donors (Lipinski definition) is 3. The number of nitrogens with one attached hydrogen (secondary N) is 3. The van der Waals surface area contributed by atoms with Crippen molar-refractivity contribution in [3.8, 4) is 0 Å². The lowest BCUT2D eigenvalue weighted by Gasteiger charge is -2.25. The minimum Gasteiger partial charge on any atom is -0.333 e. The van der Waals surface area contributed by atoms with E-state index < -0.39 is 0 Å². The predicted octanol–water partition coefficient (Wildman–Crippen LogP) is 9.50. The van der Waals surface area contributed by atoms with Crippen molar-refractivity contribution < 1.29 is 28.8 Å². The number of nitrogens with zero attached hydrogens (tertiary/aromatic N) is 3. The third kappa shape index (κ3) is 7.66. The van der Waals surface area contributed by atoms with Gasteiger partial charge in [0.1, 0.15) is 5.52 Å². The second-order valence-corrected chi connectivity index (χ2v) is 15.7. The minimum atomic E-state index is -0.297. The number of benzene rings is 4. The van der Waals surface area contributed by atoms with E-state index in [1.807, 2.05) is 4.90 Å². The number of ketones is 4. The molecule has 10 rings (SSSR count). The van der Waals surface area contributed by atoms with Gasteiger partial charge < -0.3 is 24.8 Å². The van der Waals surface area contributed by atoms with Gasteiger partial charge in [0.2, 0.25) is 0 Å². The quantitative estimate of drug-likeness (QED) is 0.0631. The second-order valence-electron chi connectivity index (χ2n) is 14.0. The molecule has 0 atom stereocenters. The van der Waals surface area contributed by atoms with Crippen molar-refractivity contribution in [1.82, 2.24) is 29.7 Å². The summed E-state index contributed by atoms with van der Waals surface area (Å²) in [6, 6.07) is 20.6. The third-order valence-electron chi connectivity index (χ3n) is 10.5. The number of amides is 2. The summed E-state index contributed by atoms with van der Waals surface area (Å²) in [6.45, 7) is 3.24. The van der Waals surface area contributed by atoms with Crippen LogP contribution >= 0.6 is 35.6 Å². The molecule has 4 heterocycles. The summed E-state index contributed by atoms with van der Waals surface area (Å²) in [6.07, 6.45) is 6.66. The molecule has 2 fully saturated rings. The Bertz CT molecular complexity index is 2710. The zero-order valence-corrected chi connectivity index (χ0v) is 32.9. The van der Waals surface area contributed by atoms with E-state index in [-0.39, 0.29) is 41.2 Å². The van der Waals surface area contributed by atoms with E-state index in [9.17, 15) is 28.8 Å². The molecule has 3 N–H and O–H groups in total. The fourth-order valence-electron chi connectivity index (χ4n) is 7.66. The third-order valence-corrected chi connectivity index (χ3v) is 11.8. The highest BCUT2D eigenvalue weighted by molar-refractivity contribution is 8.13. The van der Waals surface area contributed by atoms with Crippen LogP contribution in [-0.2, 0) is 0 Å². The smallest absolute Gasteiger partial charge is 0.316 e. The lowest BCUT2D eigenvalue weighted by atomic mass is 9.83. The molecule has 0 saturated carbocycles. The van der Waals surface area contributed by atoms with Crippen LogP contribution < -0.4 is 0 Å². The Kier molecular flexibility index (Phi) is 11.9. The summed E-state index contributed by atoms with van der Waals surface area (Å²) in [4.78, 5) is 91.1. The number of likely N-dealkylation sites (tertiary alicyclic amines) is 2. The highest BCUT2D eigenvalue weighted by Crippen LogP contribution is 2.34. The minimum absolute atomic E-state index is 0. The summed E-state index contributed by atoms with van der Waals surface area (Å²) in [7, 11) is 0. The number of rotatable bonds is 1. The number of fused-ring (bicyclic) bond motifs is 8. The highest BCUT2D eigenvalue weighted by Gasteiger charge is 2.33. The largest absolute Gasteiger partial charge is 0.333 e. The van der Waals surface area contributed by atoms with Crippen molar-refractivity contribution in [3.63, 3.8) is 0 Å². The van der Waals surface area contributed by atoms with Gasteiger partial charge in [0.25, 0.3) is 5.24 Å². The van der Waals surface area contributed by atoms with Crippen molar-refractivity contribution in [3.05, 3.63) is 122 Å². The van der Waals surface area contributed by atoms with E-state index in [1.165, 1.54) is 6.42 Å². The van der Waals surface area contributed by atoms with Crippen molar-refractivity contribution >= 4 is 91.4 Å². The normalized spacial score (nSPS) is 15.5. The molecular formula is C43H39ClN6O6S2. The average molecular weight is 835 g/mol. The van der Waals surface area contributed by atoms with Crippen LogP contribution in [0.4, 0.5) is 9.59 Å². The standard InChI is InChI=1S/C21H17N3O3S.C15H8N2O2S.C6H10ClNO.CH4/c25-18-12-6-2-3-7-13(12)19(26)16-14(18)8-9-15-17(16)23-20(22-15)28-21(27)24-10-4-1-5-11-24;18-13-7-3-1-2-4-8(7)14(19)11-9(13)5-6-10-12(11)17-15(20)16-10;7-6(9)8-4-2-1-3-5-8;/h2-3,6-9H,1,4-5,10-11H2,(H,22,23);1-6H,(H2,16,17,20);1-5H2;1H4. The molecule has 0 unspecified atom stereocenters. The number of halogens is 1. The van der Waals surface area contributed by atoms with E-state index >= 15 is 0 Å². The maximum atomic E-state index is 13.1. The molecule has 0 bridgehead atoms. The van der Waals surface area contributed by atoms with Gasteiger partial charge in [-0.15, -0.1) is 0 Å². The van der Waals surface area contributed by atoms with Gasteiger partial charge in [0.15, 0.2) is 33.1 Å². The van der Waals surface area contributed by atoms with Crippen molar-refractivity contribution in [1.29, 1.82) is 0 Å². The van der Waals surface area contributed by atoms with Gasteiger partial charge in [0.05, 0.1) is 27.7 Å². The van der Waals surface area contributed by atoms with E-state index in [4.69, 9.17) is 23.8 Å². The predicted molar refractivity (Wildman–Crippen MR) is 226 cm³/mol. The number of piperidine rings is 2. The first-order valence-electron chi connectivity index (χ1n) is 18.7. The Balaban J connectivity index is 0.000000148. The molecule has 2 saturated heterocycles. The Hall–Kier alpha value is -5.70. The second kappa shape index (κ2) is 17.0. The highest BCUT2D eigenvalue weighted by atomic mass is 35.5. The maximum Gasteiger partial charge on any atom is 0.316 e. The number of carbonyl (C=O) groups is 6. The van der Waals surface area contributed by atoms with Crippen LogP contribution in [0.2, 0.25) is 0 Å². The first-order chi connectivity index (χ1) is 27.6. The van der Waals surface area contributed by atoms with Gasteiger partial charge in [-0.3, -0.25) is 28.8 Å². The van der Waals surface area contributed by atoms with Gasteiger partial charge in [0, 0.05) is 71.3 Å². The number of H-pyrrole nitrogens is 3. The average Bonchev–Trinajstić information content (AvgIpc) is 3.84. The molecular weight excluding hydrogens is 796 g/mol. The zero-order valence-electron chi connectivity index (χ0n) is 30.5. The molecule has 15 heteroatoms. The number of aromatic amines is 3. The van der Waals surface area contributed by atoms with E-state index in [0.29, 0.717) is 71.0 Å². The molecule has 6 aromatic rings. The molecule has 2 aliphatic carbocycles. The fraction of sp³-hybridized carbons (Fsp3) is 0.256. The number of aromatic nitrogens is 4. The van der Waals surface area contributed by atoms with Gasteiger partial charge in [-0.1, -0.05) is 56.0 Å². The van der Waals surface area contributed by atoms with E-state index in [2.05, 4.69) is 19.9 Å². The van der Waals surface area contributed by atoms with Crippen LogP contribution in [0.15, 0.2) is 78.0 Å². The molecule has 2 aliphatic heterocycles. The Labute approximate surface area is 347 Å². The van der Waals surface area contributed by atoms with Crippen LogP contribution in [0, 0.1) is 4.77 Å². The van der Waals surface area contributed by atoms with Gasteiger partial charge >= 0.3 is 5.37 Å². The van der Waals surface area contributed by atoms with Crippen LogP contribution in [0.3, 0.4) is 0 Å². The summed E-state index contributed by atoms with van der Waals surface area (Å²) in [5.74, 6) is -0.654. The molecule has 2 aromatic heterocycles. The number of carbonyl (C=O) groups excluding carboxylic acids is 6. The molecule has 0 radical (unpaired) electrons. The topological polar surface area (TPSA) is 169 Å². The fourth-order valence-corrected chi connectivity index (χ4v) is 8.82. The zero-order chi connectivity index (χ0) is 39.8. The van der Waals surface area contributed by atoms with Crippen molar-refractivity contribution in [2.75, 3.05) is 26.2 Å². The summed E-state index contributed by atoms with van der Waals surface area (Å²) in [5.41, 5.74) is 5.64. The number of imidazole rings is 2.